The van der Waals surface area contributed by atoms with Crippen molar-refractivity contribution in [3.8, 4) is 11.1 Å². The standard InChI is InChI=1S/C23H28NP.C12H10.H3P/c1-2-3-13-20-24-25(21-14-7-4-8-15-21,22-16-9-5-10-17-22)23-18-11-6-12-19-23;1-3-7-11(8-4-1)12-9-5-2-6-10-12;/h4-12,14-19,24-25H,2-3,13,20H2,1H3;1-10H;1H3. The van der Waals surface area contributed by atoms with Crippen LogP contribution in [0.25, 0.3) is 11.1 Å². The topological polar surface area (TPSA) is 12.0 Å². The third-order valence-corrected chi connectivity index (χ3v) is 11.1. The number of hydrogen-bond donors (Lipinski definition) is 1. The van der Waals surface area contributed by atoms with E-state index in [0.717, 1.165) is 6.54 Å². The minimum Gasteiger partial charge on any atom is -0.153 e. The maximum absolute atomic E-state index is 4.06. The van der Waals surface area contributed by atoms with Gasteiger partial charge < -0.3 is 0 Å². The molecule has 0 saturated carbocycles. The van der Waals surface area contributed by atoms with E-state index in [9.17, 15) is 0 Å². The molecule has 0 saturated heterocycles. The predicted octanol–water partition coefficient (Wildman–Crippen LogP) is 7.82. The molecule has 3 heteroatoms. The molecule has 1 N–H and O–H groups in total. The van der Waals surface area contributed by atoms with Gasteiger partial charge in [-0.3, -0.25) is 0 Å². The Hall–Kier alpha value is -3.08. The molecular formula is C35H41NP2. The zero-order chi connectivity index (χ0) is 25.6. The Morgan fingerprint density at radius 3 is 1.08 bits per heavy atom. The molecule has 0 aliphatic carbocycles. The third-order valence-electron chi connectivity index (χ3n) is 6.67. The van der Waals surface area contributed by atoms with Crippen LogP contribution in [0.5, 0.6) is 0 Å². The van der Waals surface area contributed by atoms with E-state index in [1.807, 2.05) is 12.1 Å². The van der Waals surface area contributed by atoms with Gasteiger partial charge >= 0.3 is 152 Å². The summed E-state index contributed by atoms with van der Waals surface area (Å²) in [6.07, 6.45) is 3.74. The molecule has 0 amide bonds. The number of nitrogens with one attached hydrogen (secondary N) is 1. The zero-order valence-electron chi connectivity index (χ0n) is 22.5. The SMILES string of the molecule is CCCCCN[PH](c1ccccc1)(c1ccccc1)c1ccccc1.P.c1ccc(-c2ccccc2)cc1. The Morgan fingerprint density at radius 1 is 0.447 bits per heavy atom. The van der Waals surface area contributed by atoms with Crippen LogP contribution in [0.15, 0.2) is 152 Å². The van der Waals surface area contributed by atoms with Gasteiger partial charge in [-0.05, 0) is 11.1 Å². The molecule has 1 unspecified atom stereocenters. The Balaban J connectivity index is 0.000000258. The average molecular weight is 538 g/mol. The molecule has 38 heavy (non-hydrogen) atoms. The van der Waals surface area contributed by atoms with E-state index in [4.69, 9.17) is 0 Å². The summed E-state index contributed by atoms with van der Waals surface area (Å²) < 4.78 is 0. The molecule has 0 aromatic heterocycles. The van der Waals surface area contributed by atoms with Crippen LogP contribution in [0.4, 0.5) is 0 Å². The Morgan fingerprint density at radius 2 is 0.763 bits per heavy atom. The van der Waals surface area contributed by atoms with Gasteiger partial charge in [-0.25, -0.2) is 0 Å². The van der Waals surface area contributed by atoms with E-state index in [0.29, 0.717) is 0 Å². The molecule has 0 aliphatic heterocycles. The van der Waals surface area contributed by atoms with E-state index in [-0.39, 0.29) is 9.90 Å². The van der Waals surface area contributed by atoms with Crippen molar-refractivity contribution in [3.05, 3.63) is 152 Å². The van der Waals surface area contributed by atoms with Crippen LogP contribution in [0.1, 0.15) is 26.2 Å². The van der Waals surface area contributed by atoms with Crippen LogP contribution in [0, 0.1) is 0 Å². The average Bonchev–Trinajstić information content (AvgIpc) is 3.00. The fourth-order valence-corrected chi connectivity index (χ4v) is 9.02. The first-order valence-electron chi connectivity index (χ1n) is 13.4. The normalized spacial score (nSPS) is 11.0. The minimum atomic E-state index is -2.22. The molecule has 0 heterocycles. The summed E-state index contributed by atoms with van der Waals surface area (Å²) in [6.45, 7) is 3.31. The van der Waals surface area contributed by atoms with E-state index >= 15 is 0 Å². The van der Waals surface area contributed by atoms with Crippen LogP contribution < -0.4 is 21.0 Å². The first-order chi connectivity index (χ1) is 18.3. The quantitative estimate of drug-likeness (QED) is 0.149. The fraction of sp³-hybridized carbons (Fsp3) is 0.143. The van der Waals surface area contributed by atoms with E-state index < -0.39 is 7.41 Å². The summed E-state index contributed by atoms with van der Waals surface area (Å²) >= 11 is 0. The van der Waals surface area contributed by atoms with Crippen LogP contribution in [-0.2, 0) is 0 Å². The summed E-state index contributed by atoms with van der Waals surface area (Å²) in [6, 6.07) is 53.8. The number of benzene rings is 5. The molecule has 5 aromatic carbocycles. The van der Waals surface area contributed by atoms with Gasteiger partial charge in [0.05, 0.1) is 0 Å². The Bertz CT molecular complexity index is 1140. The van der Waals surface area contributed by atoms with Crippen LogP contribution >= 0.6 is 17.3 Å². The molecule has 196 valence electrons. The van der Waals surface area contributed by atoms with Gasteiger partial charge in [0.15, 0.2) is 0 Å². The smallest absolute Gasteiger partial charge is 0.0184 e. The van der Waals surface area contributed by atoms with Gasteiger partial charge in [0.2, 0.25) is 0 Å². The Kier molecular flexibility index (Phi) is 12.4. The first kappa shape index (κ1) is 29.5. The number of unbranched alkanes of at least 4 members (excludes halogenated alkanes) is 2. The maximum Gasteiger partial charge on any atom is -0.0184 e. The second kappa shape index (κ2) is 16.0. The molecule has 5 aromatic rings. The fourth-order valence-electron chi connectivity index (χ4n) is 4.78. The van der Waals surface area contributed by atoms with Crippen molar-refractivity contribution in [2.45, 2.75) is 26.2 Å². The van der Waals surface area contributed by atoms with E-state index in [1.54, 1.807) is 0 Å². The van der Waals surface area contributed by atoms with Crippen molar-refractivity contribution >= 4 is 33.2 Å². The summed E-state index contributed by atoms with van der Waals surface area (Å²) in [5.41, 5.74) is 2.55. The van der Waals surface area contributed by atoms with Crippen molar-refractivity contribution in [1.29, 1.82) is 0 Å². The van der Waals surface area contributed by atoms with Crippen molar-refractivity contribution in [3.63, 3.8) is 0 Å². The third kappa shape index (κ3) is 7.72. The molecule has 5 rings (SSSR count). The molecule has 0 radical (unpaired) electrons. The molecule has 0 fully saturated rings. The van der Waals surface area contributed by atoms with E-state index in [2.05, 4.69) is 152 Å². The monoisotopic (exact) mass is 537 g/mol. The minimum absolute atomic E-state index is 0. The molecule has 0 spiro atoms. The first-order valence-corrected chi connectivity index (χ1v) is 15.4. The molecule has 0 bridgehead atoms. The summed E-state index contributed by atoms with van der Waals surface area (Å²) in [5, 5.41) is 8.32. The Labute approximate surface area is 233 Å². The van der Waals surface area contributed by atoms with E-state index in [1.165, 1.54) is 46.3 Å². The van der Waals surface area contributed by atoms with Gasteiger partial charge in [0, 0.05) is 0 Å². The van der Waals surface area contributed by atoms with Crippen molar-refractivity contribution in [1.82, 2.24) is 5.09 Å². The summed E-state index contributed by atoms with van der Waals surface area (Å²) in [5.74, 6) is 0. The zero-order valence-corrected chi connectivity index (χ0v) is 24.9. The van der Waals surface area contributed by atoms with Crippen LogP contribution in [-0.4, -0.2) is 6.54 Å². The molecule has 1 atom stereocenters. The van der Waals surface area contributed by atoms with Gasteiger partial charge in [-0.1, -0.05) is 60.7 Å². The second-order valence-corrected chi connectivity index (χ2v) is 12.8. The van der Waals surface area contributed by atoms with Crippen molar-refractivity contribution in [2.24, 2.45) is 0 Å². The predicted molar refractivity (Wildman–Crippen MR) is 177 cm³/mol. The maximum atomic E-state index is 4.06. The summed E-state index contributed by atoms with van der Waals surface area (Å²) in [7, 11) is -2.22. The van der Waals surface area contributed by atoms with Crippen LogP contribution in [0.2, 0.25) is 0 Å². The molecular weight excluding hydrogens is 496 g/mol. The number of hydrogen-bond acceptors (Lipinski definition) is 1. The van der Waals surface area contributed by atoms with Gasteiger partial charge in [0.1, 0.15) is 0 Å². The van der Waals surface area contributed by atoms with Crippen LogP contribution in [0.3, 0.4) is 0 Å². The molecule has 0 aliphatic rings. The molecule has 1 nitrogen and oxygen atoms in total. The van der Waals surface area contributed by atoms with Crippen molar-refractivity contribution in [2.75, 3.05) is 6.54 Å². The largest absolute Gasteiger partial charge is 0.153 e. The number of rotatable bonds is 9. The van der Waals surface area contributed by atoms with Gasteiger partial charge in [0.25, 0.3) is 0 Å². The second-order valence-electron chi connectivity index (χ2n) is 9.21. The van der Waals surface area contributed by atoms with Gasteiger partial charge in [-0.2, -0.15) is 9.90 Å². The van der Waals surface area contributed by atoms with Crippen molar-refractivity contribution < 1.29 is 0 Å². The summed E-state index contributed by atoms with van der Waals surface area (Å²) in [4.78, 5) is 0. The van der Waals surface area contributed by atoms with Gasteiger partial charge in [-0.15, -0.1) is 0 Å².